The van der Waals surface area contributed by atoms with Gasteiger partial charge in [0.2, 0.25) is 5.95 Å². The maximum atomic E-state index is 13.7. The Morgan fingerprint density at radius 2 is 2.30 bits per heavy atom. The molecule has 1 atom stereocenters. The van der Waals surface area contributed by atoms with Crippen molar-refractivity contribution in [2.75, 3.05) is 17.2 Å². The van der Waals surface area contributed by atoms with E-state index in [1.54, 1.807) is 10.9 Å². The summed E-state index contributed by atoms with van der Waals surface area (Å²) in [5, 5.41) is 10.2. The van der Waals surface area contributed by atoms with E-state index in [2.05, 4.69) is 25.7 Å². The second-order valence-corrected chi connectivity index (χ2v) is 4.59. The van der Waals surface area contributed by atoms with E-state index >= 15 is 0 Å². The lowest BCUT2D eigenvalue weighted by Crippen LogP contribution is -2.23. The molecule has 0 amide bonds. The van der Waals surface area contributed by atoms with E-state index in [4.69, 9.17) is 0 Å². The first-order valence-electron chi connectivity index (χ1n) is 6.69. The minimum Gasteiger partial charge on any atom is -0.363 e. The Balaban J connectivity index is 2.00. The van der Waals surface area contributed by atoms with Gasteiger partial charge in [-0.2, -0.15) is 10.1 Å². The van der Waals surface area contributed by atoms with Crippen molar-refractivity contribution >= 4 is 11.8 Å². The highest BCUT2D eigenvalue weighted by Gasteiger charge is 2.10. The molecule has 2 rings (SSSR count). The lowest BCUT2D eigenvalue weighted by atomic mass is 10.3. The van der Waals surface area contributed by atoms with Gasteiger partial charge in [-0.05, 0) is 19.4 Å². The normalized spacial score (nSPS) is 12.2. The van der Waals surface area contributed by atoms with Crippen LogP contribution in [0.1, 0.15) is 20.3 Å². The number of nitrogens with one attached hydrogen (secondary N) is 2. The second kappa shape index (κ2) is 6.83. The van der Waals surface area contributed by atoms with E-state index in [9.17, 15) is 4.39 Å². The number of aromatic nitrogens is 4. The number of nitrogens with zero attached hydrogens (tertiary/aromatic N) is 4. The third-order valence-electron chi connectivity index (χ3n) is 2.68. The summed E-state index contributed by atoms with van der Waals surface area (Å²) in [4.78, 5) is 8.05. The van der Waals surface area contributed by atoms with Gasteiger partial charge in [-0.3, -0.25) is 4.68 Å². The molecule has 2 aromatic rings. The zero-order chi connectivity index (χ0) is 14.4. The fourth-order valence-corrected chi connectivity index (χ4v) is 1.76. The molecule has 7 heteroatoms. The molecule has 0 radical (unpaired) electrons. The Labute approximate surface area is 117 Å². The minimum absolute atomic E-state index is 0.00155. The van der Waals surface area contributed by atoms with Crippen LogP contribution in [0.2, 0.25) is 0 Å². The highest BCUT2D eigenvalue weighted by molar-refractivity contribution is 5.41. The third kappa shape index (κ3) is 3.91. The molecule has 0 saturated carbocycles. The van der Waals surface area contributed by atoms with Crippen LogP contribution in [0.5, 0.6) is 0 Å². The molecule has 0 fully saturated rings. The maximum absolute atomic E-state index is 13.7. The number of hydrogen-bond donors (Lipinski definition) is 2. The van der Waals surface area contributed by atoms with Crippen LogP contribution in [0.4, 0.5) is 16.2 Å². The maximum Gasteiger partial charge on any atom is 0.224 e. The Bertz CT molecular complexity index is 528. The Morgan fingerprint density at radius 1 is 1.45 bits per heavy atom. The van der Waals surface area contributed by atoms with Crippen molar-refractivity contribution in [2.45, 2.75) is 32.9 Å². The average molecular weight is 278 g/mol. The molecule has 0 saturated heterocycles. The lowest BCUT2D eigenvalue weighted by molar-refractivity contribution is 0.551. The molecule has 0 spiro atoms. The van der Waals surface area contributed by atoms with Crippen molar-refractivity contribution in [3.05, 3.63) is 30.5 Å². The number of rotatable bonds is 7. The van der Waals surface area contributed by atoms with Gasteiger partial charge >= 0.3 is 0 Å². The van der Waals surface area contributed by atoms with Crippen molar-refractivity contribution in [3.63, 3.8) is 0 Å². The molecule has 2 heterocycles. The van der Waals surface area contributed by atoms with Crippen molar-refractivity contribution in [2.24, 2.45) is 0 Å². The molecule has 0 aliphatic heterocycles. The van der Waals surface area contributed by atoms with Crippen LogP contribution in [0.15, 0.2) is 24.7 Å². The van der Waals surface area contributed by atoms with Crippen LogP contribution in [-0.4, -0.2) is 32.3 Å². The fraction of sp³-hybridized carbons (Fsp3) is 0.462. The Morgan fingerprint density at radius 3 is 3.00 bits per heavy atom. The highest BCUT2D eigenvalue weighted by Crippen LogP contribution is 2.13. The predicted octanol–water partition coefficient (Wildman–Crippen LogP) is 2.13. The molecule has 1 unspecified atom stereocenters. The summed E-state index contributed by atoms with van der Waals surface area (Å²) in [7, 11) is 0. The molecule has 0 aliphatic carbocycles. The third-order valence-corrected chi connectivity index (χ3v) is 2.68. The van der Waals surface area contributed by atoms with Crippen molar-refractivity contribution < 1.29 is 4.39 Å². The van der Waals surface area contributed by atoms with E-state index in [1.165, 1.54) is 6.20 Å². The molecular formula is C13H19FN6. The van der Waals surface area contributed by atoms with Crippen molar-refractivity contribution in [1.82, 2.24) is 19.7 Å². The van der Waals surface area contributed by atoms with Gasteiger partial charge in [-0.1, -0.05) is 6.92 Å². The van der Waals surface area contributed by atoms with Crippen LogP contribution in [0.3, 0.4) is 0 Å². The molecule has 20 heavy (non-hydrogen) atoms. The van der Waals surface area contributed by atoms with Crippen molar-refractivity contribution in [3.8, 4) is 0 Å². The SMILES string of the molecule is CCCNc1ncc(F)c(NC(C)Cn2cccn2)n1. The van der Waals surface area contributed by atoms with E-state index in [0.717, 1.165) is 13.0 Å². The highest BCUT2D eigenvalue weighted by atomic mass is 19.1. The van der Waals surface area contributed by atoms with Gasteiger partial charge in [0.05, 0.1) is 12.7 Å². The minimum atomic E-state index is -0.459. The van der Waals surface area contributed by atoms with E-state index < -0.39 is 5.82 Å². The molecule has 2 N–H and O–H groups in total. The summed E-state index contributed by atoms with van der Waals surface area (Å²) in [6.07, 6.45) is 5.71. The van der Waals surface area contributed by atoms with Crippen LogP contribution in [0, 0.1) is 5.82 Å². The molecule has 0 bridgehead atoms. The summed E-state index contributed by atoms with van der Waals surface area (Å²) >= 11 is 0. The van der Waals surface area contributed by atoms with E-state index in [-0.39, 0.29) is 11.9 Å². The Hall–Kier alpha value is -2.18. The zero-order valence-electron chi connectivity index (χ0n) is 11.7. The van der Waals surface area contributed by atoms with Gasteiger partial charge in [0, 0.05) is 25.0 Å². The first kappa shape index (κ1) is 14.2. The monoisotopic (exact) mass is 278 g/mol. The summed E-state index contributed by atoms with van der Waals surface area (Å²) < 4.78 is 15.5. The molecular weight excluding hydrogens is 259 g/mol. The second-order valence-electron chi connectivity index (χ2n) is 4.59. The molecule has 0 aliphatic rings. The Kier molecular flexibility index (Phi) is 4.86. The largest absolute Gasteiger partial charge is 0.363 e. The molecule has 2 aromatic heterocycles. The molecule has 108 valence electrons. The standard InChI is InChI=1S/C13H19FN6/c1-3-5-15-13-16-8-11(14)12(19-13)18-10(2)9-20-7-4-6-17-20/h4,6-8,10H,3,5,9H2,1-2H3,(H2,15,16,18,19). The van der Waals surface area contributed by atoms with Crippen LogP contribution in [0.25, 0.3) is 0 Å². The first-order chi connectivity index (χ1) is 9.69. The predicted molar refractivity (Wildman–Crippen MR) is 76.1 cm³/mol. The number of hydrogen-bond acceptors (Lipinski definition) is 5. The van der Waals surface area contributed by atoms with Gasteiger partial charge in [0.1, 0.15) is 0 Å². The van der Waals surface area contributed by atoms with E-state index in [1.807, 2.05) is 26.1 Å². The first-order valence-corrected chi connectivity index (χ1v) is 6.69. The number of halogens is 1. The average Bonchev–Trinajstić information content (AvgIpc) is 2.92. The van der Waals surface area contributed by atoms with Gasteiger partial charge < -0.3 is 10.6 Å². The smallest absolute Gasteiger partial charge is 0.224 e. The van der Waals surface area contributed by atoms with Gasteiger partial charge in [-0.15, -0.1) is 0 Å². The fourth-order valence-electron chi connectivity index (χ4n) is 1.76. The van der Waals surface area contributed by atoms with E-state index in [0.29, 0.717) is 12.5 Å². The molecule has 6 nitrogen and oxygen atoms in total. The van der Waals surface area contributed by atoms with Gasteiger partial charge in [0.25, 0.3) is 0 Å². The van der Waals surface area contributed by atoms with Crippen molar-refractivity contribution in [1.29, 1.82) is 0 Å². The molecule has 0 aromatic carbocycles. The van der Waals surface area contributed by atoms with Crippen LogP contribution < -0.4 is 10.6 Å². The topological polar surface area (TPSA) is 67.7 Å². The summed E-state index contributed by atoms with van der Waals surface area (Å²) in [5.74, 6) is 0.180. The summed E-state index contributed by atoms with van der Waals surface area (Å²) in [5.41, 5.74) is 0. The van der Waals surface area contributed by atoms with Gasteiger partial charge in [-0.25, -0.2) is 9.37 Å². The van der Waals surface area contributed by atoms with Crippen LogP contribution in [-0.2, 0) is 6.54 Å². The number of anilines is 2. The summed E-state index contributed by atoms with van der Waals surface area (Å²) in [6, 6.07) is 1.85. The quantitative estimate of drug-likeness (QED) is 0.812. The van der Waals surface area contributed by atoms with Gasteiger partial charge in [0.15, 0.2) is 11.6 Å². The summed E-state index contributed by atoms with van der Waals surface area (Å²) in [6.45, 7) is 5.38. The zero-order valence-corrected chi connectivity index (χ0v) is 11.7. The van der Waals surface area contributed by atoms with Crippen LogP contribution >= 0.6 is 0 Å². The lowest BCUT2D eigenvalue weighted by Gasteiger charge is -2.15.